The Kier molecular flexibility index (Phi) is 4.77. The fourth-order valence-corrected chi connectivity index (χ4v) is 3.26. The standard InChI is InChI=1S/C22H26/c1-17-3-7-19(8-4-17)9-10-20-11-15-22(16-12-20)21-13-5-18(2)6-14-21/h5-6,9-17,19H,3-4,7-8H2,1-2H3/b10-9+. The molecular weight excluding hydrogens is 264 g/mol. The Balaban J connectivity index is 1.65. The predicted molar refractivity (Wildman–Crippen MR) is 96.8 cm³/mol. The molecule has 22 heavy (non-hydrogen) atoms. The van der Waals surface area contributed by atoms with E-state index in [1.807, 2.05) is 0 Å². The van der Waals surface area contributed by atoms with Crippen LogP contribution in [0.2, 0.25) is 0 Å². The van der Waals surface area contributed by atoms with Gasteiger partial charge in [0.15, 0.2) is 0 Å². The van der Waals surface area contributed by atoms with Gasteiger partial charge in [0, 0.05) is 0 Å². The van der Waals surface area contributed by atoms with E-state index in [9.17, 15) is 0 Å². The molecule has 1 aliphatic carbocycles. The highest BCUT2D eigenvalue weighted by molar-refractivity contribution is 5.65. The van der Waals surface area contributed by atoms with E-state index in [1.165, 1.54) is 47.9 Å². The highest BCUT2D eigenvalue weighted by Gasteiger charge is 2.15. The molecule has 0 saturated heterocycles. The normalized spacial score (nSPS) is 22.1. The van der Waals surface area contributed by atoms with Gasteiger partial charge in [0.1, 0.15) is 0 Å². The summed E-state index contributed by atoms with van der Waals surface area (Å²) in [5.74, 6) is 1.71. The molecule has 0 bridgehead atoms. The van der Waals surface area contributed by atoms with Crippen LogP contribution < -0.4 is 0 Å². The highest BCUT2D eigenvalue weighted by Crippen LogP contribution is 2.29. The monoisotopic (exact) mass is 290 g/mol. The topological polar surface area (TPSA) is 0 Å². The van der Waals surface area contributed by atoms with Crippen molar-refractivity contribution in [3.8, 4) is 11.1 Å². The van der Waals surface area contributed by atoms with Crippen LogP contribution in [0.1, 0.15) is 43.7 Å². The summed E-state index contributed by atoms with van der Waals surface area (Å²) in [7, 11) is 0. The molecule has 2 aromatic carbocycles. The van der Waals surface area contributed by atoms with E-state index in [1.54, 1.807) is 0 Å². The Morgan fingerprint density at radius 3 is 1.91 bits per heavy atom. The maximum Gasteiger partial charge on any atom is -0.0184 e. The average molecular weight is 290 g/mol. The predicted octanol–water partition coefficient (Wildman–Crippen LogP) is 6.50. The van der Waals surface area contributed by atoms with Crippen LogP contribution in [0.4, 0.5) is 0 Å². The van der Waals surface area contributed by atoms with Crippen LogP contribution >= 0.6 is 0 Å². The molecule has 0 nitrogen and oxygen atoms in total. The lowest BCUT2D eigenvalue weighted by Gasteiger charge is -2.23. The van der Waals surface area contributed by atoms with Crippen molar-refractivity contribution in [2.24, 2.45) is 11.8 Å². The Morgan fingerprint density at radius 2 is 1.32 bits per heavy atom. The quantitative estimate of drug-likeness (QED) is 0.605. The van der Waals surface area contributed by atoms with Gasteiger partial charge >= 0.3 is 0 Å². The van der Waals surface area contributed by atoms with E-state index in [-0.39, 0.29) is 0 Å². The van der Waals surface area contributed by atoms with Crippen LogP contribution in [0, 0.1) is 18.8 Å². The largest absolute Gasteiger partial charge is 0.0808 e. The lowest BCUT2D eigenvalue weighted by atomic mass is 9.83. The number of hydrogen-bond acceptors (Lipinski definition) is 0. The van der Waals surface area contributed by atoms with Crippen LogP contribution in [-0.2, 0) is 0 Å². The molecule has 0 spiro atoms. The Labute approximate surface area is 134 Å². The Hall–Kier alpha value is -1.82. The lowest BCUT2D eigenvalue weighted by Crippen LogP contribution is -2.09. The van der Waals surface area contributed by atoms with Gasteiger partial charge in [-0.05, 0) is 48.3 Å². The van der Waals surface area contributed by atoms with Crippen molar-refractivity contribution in [1.29, 1.82) is 0 Å². The number of allylic oxidation sites excluding steroid dienone is 1. The number of benzene rings is 2. The maximum atomic E-state index is 2.42. The smallest absolute Gasteiger partial charge is 0.0184 e. The Bertz CT molecular complexity index is 608. The summed E-state index contributed by atoms with van der Waals surface area (Å²) < 4.78 is 0. The van der Waals surface area contributed by atoms with Crippen molar-refractivity contribution in [2.45, 2.75) is 39.5 Å². The summed E-state index contributed by atoms with van der Waals surface area (Å²) in [6, 6.07) is 17.7. The Morgan fingerprint density at radius 1 is 0.773 bits per heavy atom. The molecular formula is C22H26. The van der Waals surface area contributed by atoms with Crippen molar-refractivity contribution < 1.29 is 0 Å². The van der Waals surface area contributed by atoms with E-state index in [4.69, 9.17) is 0 Å². The molecule has 0 radical (unpaired) electrons. The number of aryl methyl sites for hydroxylation is 1. The van der Waals surface area contributed by atoms with Crippen molar-refractivity contribution >= 4 is 6.08 Å². The van der Waals surface area contributed by atoms with E-state index in [0.29, 0.717) is 0 Å². The molecule has 0 heterocycles. The van der Waals surface area contributed by atoms with Crippen molar-refractivity contribution in [2.75, 3.05) is 0 Å². The minimum atomic E-state index is 0.785. The zero-order valence-corrected chi connectivity index (χ0v) is 13.8. The first-order chi connectivity index (χ1) is 10.7. The summed E-state index contributed by atoms with van der Waals surface area (Å²) in [6.45, 7) is 4.51. The van der Waals surface area contributed by atoms with Crippen molar-refractivity contribution in [1.82, 2.24) is 0 Å². The molecule has 0 aromatic heterocycles. The summed E-state index contributed by atoms with van der Waals surface area (Å²) >= 11 is 0. The van der Waals surface area contributed by atoms with E-state index in [2.05, 4.69) is 74.5 Å². The first kappa shape index (κ1) is 15.1. The molecule has 0 N–H and O–H groups in total. The molecule has 114 valence electrons. The minimum Gasteiger partial charge on any atom is -0.0808 e. The van der Waals surface area contributed by atoms with Crippen LogP contribution in [0.5, 0.6) is 0 Å². The molecule has 3 rings (SSSR count). The second kappa shape index (κ2) is 6.96. The van der Waals surface area contributed by atoms with Gasteiger partial charge in [0.25, 0.3) is 0 Å². The van der Waals surface area contributed by atoms with Gasteiger partial charge in [-0.1, -0.05) is 86.0 Å². The van der Waals surface area contributed by atoms with Gasteiger partial charge in [0.05, 0.1) is 0 Å². The zero-order chi connectivity index (χ0) is 15.4. The van der Waals surface area contributed by atoms with Crippen LogP contribution in [0.15, 0.2) is 54.6 Å². The van der Waals surface area contributed by atoms with Gasteiger partial charge < -0.3 is 0 Å². The van der Waals surface area contributed by atoms with Gasteiger partial charge in [-0.2, -0.15) is 0 Å². The first-order valence-corrected chi connectivity index (χ1v) is 8.56. The SMILES string of the molecule is Cc1ccc(-c2ccc(/C=C/C3CCC(C)CC3)cc2)cc1. The third kappa shape index (κ3) is 3.88. The van der Waals surface area contributed by atoms with Crippen LogP contribution in [0.25, 0.3) is 17.2 Å². The lowest BCUT2D eigenvalue weighted by molar-refractivity contribution is 0.331. The maximum absolute atomic E-state index is 2.42. The second-order valence-corrected chi connectivity index (χ2v) is 6.87. The minimum absolute atomic E-state index is 0.785. The molecule has 0 heteroatoms. The second-order valence-electron chi connectivity index (χ2n) is 6.87. The summed E-state index contributed by atoms with van der Waals surface area (Å²) in [4.78, 5) is 0. The van der Waals surface area contributed by atoms with Gasteiger partial charge in [-0.3, -0.25) is 0 Å². The first-order valence-electron chi connectivity index (χ1n) is 8.56. The average Bonchev–Trinajstić information content (AvgIpc) is 2.56. The summed E-state index contributed by atoms with van der Waals surface area (Å²) in [5.41, 5.74) is 5.21. The third-order valence-corrected chi connectivity index (χ3v) is 4.92. The fourth-order valence-electron chi connectivity index (χ4n) is 3.26. The van der Waals surface area contributed by atoms with E-state index >= 15 is 0 Å². The zero-order valence-electron chi connectivity index (χ0n) is 13.8. The molecule has 0 aliphatic heterocycles. The molecule has 2 aromatic rings. The fraction of sp³-hybridized carbons (Fsp3) is 0.364. The summed E-state index contributed by atoms with van der Waals surface area (Å²) in [5, 5.41) is 0. The summed E-state index contributed by atoms with van der Waals surface area (Å²) in [6.07, 6.45) is 10.2. The van der Waals surface area contributed by atoms with Gasteiger partial charge in [-0.25, -0.2) is 0 Å². The van der Waals surface area contributed by atoms with E-state index < -0.39 is 0 Å². The van der Waals surface area contributed by atoms with Crippen LogP contribution in [0.3, 0.4) is 0 Å². The van der Waals surface area contributed by atoms with Gasteiger partial charge in [-0.15, -0.1) is 0 Å². The molecule has 0 amide bonds. The molecule has 0 atom stereocenters. The van der Waals surface area contributed by atoms with Crippen molar-refractivity contribution in [3.63, 3.8) is 0 Å². The van der Waals surface area contributed by atoms with E-state index in [0.717, 1.165) is 11.8 Å². The number of hydrogen-bond donors (Lipinski definition) is 0. The molecule has 1 aliphatic rings. The van der Waals surface area contributed by atoms with Crippen LogP contribution in [-0.4, -0.2) is 0 Å². The molecule has 1 saturated carbocycles. The highest BCUT2D eigenvalue weighted by atomic mass is 14.2. The number of rotatable bonds is 3. The van der Waals surface area contributed by atoms with Crippen molar-refractivity contribution in [3.05, 3.63) is 65.7 Å². The third-order valence-electron chi connectivity index (χ3n) is 4.92. The molecule has 0 unspecified atom stereocenters. The van der Waals surface area contributed by atoms with Gasteiger partial charge in [0.2, 0.25) is 0 Å². The molecule has 1 fully saturated rings.